The Balaban J connectivity index is 2.67. The molecule has 2 nitrogen and oxygen atoms in total. The maximum absolute atomic E-state index is 5.65. The van der Waals surface area contributed by atoms with Gasteiger partial charge in [0.2, 0.25) is 0 Å². The number of aromatic amines is 1. The molecule has 0 fully saturated rings. The summed E-state index contributed by atoms with van der Waals surface area (Å²) in [4.78, 5) is 6.87. The smallest absolute Gasteiger partial charge is 0.174 e. The van der Waals surface area contributed by atoms with Gasteiger partial charge in [0, 0.05) is 5.88 Å². The number of hydrogen-bond acceptors (Lipinski definition) is 1. The minimum atomic E-state index is 0.537. The summed E-state index contributed by atoms with van der Waals surface area (Å²) in [5.74, 6) is 0.537. The molecule has 0 aliphatic carbocycles. The number of nitrogens with one attached hydrogen (secondary N) is 1. The molecule has 1 aromatic heterocycles. The summed E-state index contributed by atoms with van der Waals surface area (Å²) in [6.07, 6.45) is 2.67. The van der Waals surface area contributed by atoms with Crippen LogP contribution < -0.4 is 0 Å². The molecule has 0 unspecified atom stereocenters. The van der Waals surface area contributed by atoms with Crippen LogP contribution in [-0.2, 0) is 5.88 Å². The van der Waals surface area contributed by atoms with Crippen molar-refractivity contribution in [3.05, 3.63) is 30.1 Å². The van der Waals surface area contributed by atoms with Crippen LogP contribution in [0.15, 0.2) is 18.2 Å². The highest BCUT2D eigenvalue weighted by Crippen LogP contribution is 2.12. The van der Waals surface area contributed by atoms with Crippen molar-refractivity contribution < 1.29 is 0 Å². The Hall–Kier alpha value is -1.02. The second-order valence-corrected chi connectivity index (χ2v) is 2.60. The van der Waals surface area contributed by atoms with E-state index in [-0.39, 0.29) is 0 Å². The SMILES string of the molecule is ClCc1ccc2n[c][nH]c2c1. The molecule has 3 heteroatoms. The van der Waals surface area contributed by atoms with Crippen molar-refractivity contribution in [3.63, 3.8) is 0 Å². The molecule has 0 saturated carbocycles. The molecule has 0 atom stereocenters. The highest BCUT2D eigenvalue weighted by atomic mass is 35.5. The van der Waals surface area contributed by atoms with E-state index in [9.17, 15) is 0 Å². The van der Waals surface area contributed by atoms with Crippen LogP contribution in [0.1, 0.15) is 5.56 Å². The van der Waals surface area contributed by atoms with Crippen LogP contribution in [0.25, 0.3) is 11.0 Å². The number of halogens is 1. The van der Waals surface area contributed by atoms with Crippen LogP contribution in [0.2, 0.25) is 0 Å². The number of H-pyrrole nitrogens is 1. The second-order valence-electron chi connectivity index (χ2n) is 2.33. The van der Waals surface area contributed by atoms with Crippen LogP contribution in [0, 0.1) is 6.33 Å². The highest BCUT2D eigenvalue weighted by molar-refractivity contribution is 6.17. The third-order valence-corrected chi connectivity index (χ3v) is 1.89. The summed E-state index contributed by atoms with van der Waals surface area (Å²) >= 11 is 5.65. The summed E-state index contributed by atoms with van der Waals surface area (Å²) in [7, 11) is 0. The summed E-state index contributed by atoms with van der Waals surface area (Å²) < 4.78 is 0. The summed E-state index contributed by atoms with van der Waals surface area (Å²) in [6, 6.07) is 5.87. The fourth-order valence-electron chi connectivity index (χ4n) is 1.01. The van der Waals surface area contributed by atoms with Gasteiger partial charge in [-0.1, -0.05) is 6.07 Å². The fraction of sp³-hybridized carbons (Fsp3) is 0.125. The maximum Gasteiger partial charge on any atom is 0.174 e. The number of benzene rings is 1. The predicted octanol–water partition coefficient (Wildman–Crippen LogP) is 2.10. The van der Waals surface area contributed by atoms with Crippen molar-refractivity contribution in [2.75, 3.05) is 0 Å². The average molecular weight is 166 g/mol. The van der Waals surface area contributed by atoms with Crippen molar-refractivity contribution in [2.24, 2.45) is 0 Å². The topological polar surface area (TPSA) is 28.7 Å². The molecule has 2 rings (SSSR count). The summed E-state index contributed by atoms with van der Waals surface area (Å²) in [5, 5.41) is 0. The minimum absolute atomic E-state index is 0.537. The lowest BCUT2D eigenvalue weighted by Crippen LogP contribution is -1.76. The molecule has 0 aliphatic heterocycles. The van der Waals surface area contributed by atoms with E-state index >= 15 is 0 Å². The number of aromatic nitrogens is 2. The molecule has 1 radical (unpaired) electrons. The van der Waals surface area contributed by atoms with Crippen molar-refractivity contribution in [1.29, 1.82) is 0 Å². The van der Waals surface area contributed by atoms with Gasteiger partial charge >= 0.3 is 0 Å². The first-order chi connectivity index (χ1) is 5.40. The lowest BCUT2D eigenvalue weighted by molar-refractivity contribution is 1.32. The Labute approximate surface area is 69.2 Å². The summed E-state index contributed by atoms with van der Waals surface area (Å²) in [5.41, 5.74) is 3.01. The van der Waals surface area contributed by atoms with Gasteiger partial charge in [-0.05, 0) is 17.7 Å². The molecule has 0 bridgehead atoms. The van der Waals surface area contributed by atoms with Gasteiger partial charge in [-0.3, -0.25) is 0 Å². The third kappa shape index (κ3) is 1.10. The zero-order valence-electron chi connectivity index (χ0n) is 5.76. The Morgan fingerprint density at radius 2 is 2.45 bits per heavy atom. The Morgan fingerprint density at radius 1 is 1.55 bits per heavy atom. The van der Waals surface area contributed by atoms with Crippen molar-refractivity contribution in [2.45, 2.75) is 5.88 Å². The molecule has 0 aliphatic rings. The lowest BCUT2D eigenvalue weighted by Gasteiger charge is -1.92. The van der Waals surface area contributed by atoms with Gasteiger partial charge in [-0.25, -0.2) is 4.98 Å². The first-order valence-corrected chi connectivity index (χ1v) is 3.84. The molecule has 11 heavy (non-hydrogen) atoms. The zero-order valence-corrected chi connectivity index (χ0v) is 6.52. The number of hydrogen-bond donors (Lipinski definition) is 1. The molecular formula is C8H6ClN2. The second kappa shape index (κ2) is 2.55. The number of rotatable bonds is 1. The largest absolute Gasteiger partial charge is 0.335 e. The van der Waals surface area contributed by atoms with Gasteiger partial charge in [0.1, 0.15) is 0 Å². The maximum atomic E-state index is 5.65. The molecular weight excluding hydrogens is 160 g/mol. The van der Waals surface area contributed by atoms with E-state index < -0.39 is 0 Å². The Morgan fingerprint density at radius 3 is 3.27 bits per heavy atom. The quantitative estimate of drug-likeness (QED) is 0.645. The minimum Gasteiger partial charge on any atom is -0.335 e. The molecule has 55 valence electrons. The van der Waals surface area contributed by atoms with E-state index in [1.807, 2.05) is 18.2 Å². The number of imidazole rings is 1. The van der Waals surface area contributed by atoms with Crippen molar-refractivity contribution in [3.8, 4) is 0 Å². The molecule has 1 aromatic carbocycles. The van der Waals surface area contributed by atoms with E-state index in [0.717, 1.165) is 16.6 Å². The molecule has 1 heterocycles. The van der Waals surface area contributed by atoms with E-state index in [1.54, 1.807) is 0 Å². The van der Waals surface area contributed by atoms with Gasteiger partial charge in [0.05, 0.1) is 11.0 Å². The first kappa shape index (κ1) is 6.68. The van der Waals surface area contributed by atoms with Crippen LogP contribution in [-0.4, -0.2) is 9.97 Å². The van der Waals surface area contributed by atoms with Gasteiger partial charge in [-0.2, -0.15) is 0 Å². The van der Waals surface area contributed by atoms with Crippen LogP contribution in [0.3, 0.4) is 0 Å². The van der Waals surface area contributed by atoms with Crippen molar-refractivity contribution in [1.82, 2.24) is 9.97 Å². The van der Waals surface area contributed by atoms with Gasteiger partial charge < -0.3 is 4.98 Å². The fourth-order valence-corrected chi connectivity index (χ4v) is 1.18. The van der Waals surface area contributed by atoms with E-state index in [1.165, 1.54) is 0 Å². The number of fused-ring (bicyclic) bond motifs is 1. The standard InChI is InChI=1S/C8H6ClN2/c9-4-6-1-2-7-8(3-6)11-5-10-7/h1-3H,4H2,(H,10,11). The third-order valence-electron chi connectivity index (χ3n) is 1.58. The van der Waals surface area contributed by atoms with E-state index in [4.69, 9.17) is 11.6 Å². The molecule has 1 N–H and O–H groups in total. The molecule has 2 aromatic rings. The Bertz CT molecular complexity index is 367. The van der Waals surface area contributed by atoms with Crippen LogP contribution in [0.4, 0.5) is 0 Å². The normalized spacial score (nSPS) is 10.6. The van der Waals surface area contributed by atoms with Crippen LogP contribution in [0.5, 0.6) is 0 Å². The van der Waals surface area contributed by atoms with Gasteiger partial charge in [-0.15, -0.1) is 11.6 Å². The number of alkyl halides is 1. The molecule has 0 amide bonds. The van der Waals surface area contributed by atoms with Crippen LogP contribution >= 0.6 is 11.6 Å². The van der Waals surface area contributed by atoms with E-state index in [2.05, 4.69) is 16.3 Å². The summed E-state index contributed by atoms with van der Waals surface area (Å²) in [6.45, 7) is 0. The van der Waals surface area contributed by atoms with E-state index in [0.29, 0.717) is 5.88 Å². The highest BCUT2D eigenvalue weighted by Gasteiger charge is 1.96. The zero-order chi connectivity index (χ0) is 7.68. The number of nitrogens with zero attached hydrogens (tertiary/aromatic N) is 1. The lowest BCUT2D eigenvalue weighted by atomic mass is 10.2. The molecule has 0 saturated heterocycles. The first-order valence-electron chi connectivity index (χ1n) is 3.31. The van der Waals surface area contributed by atoms with Gasteiger partial charge in [0.15, 0.2) is 6.33 Å². The van der Waals surface area contributed by atoms with Gasteiger partial charge in [0.25, 0.3) is 0 Å². The molecule has 0 spiro atoms. The monoisotopic (exact) mass is 165 g/mol. The van der Waals surface area contributed by atoms with Crippen molar-refractivity contribution >= 4 is 22.6 Å². The average Bonchev–Trinajstić information content (AvgIpc) is 2.50. The predicted molar refractivity (Wildman–Crippen MR) is 44.5 cm³/mol. The Kier molecular flexibility index (Phi) is 1.55.